The molecule has 2 aromatic rings. The SMILES string of the molecule is CCCCCCCCOc1cccc(C(=O)/C=C/c2ccc(OCCCCCC(=O)O[C@H]3CC[C@@]4(C)C(=CC[C@H]5[C@@H]6CC[C@H]([C@H](C)CCCC(C)C)[C@@]6(C)CC[C@@H]54)C3)cc2)c1. The Morgan fingerprint density at radius 3 is 2.28 bits per heavy atom. The van der Waals surface area contributed by atoms with Gasteiger partial charge in [-0.3, -0.25) is 9.59 Å². The predicted octanol–water partition coefficient (Wildman–Crippen LogP) is 15.2. The van der Waals surface area contributed by atoms with Gasteiger partial charge in [0.25, 0.3) is 0 Å². The lowest BCUT2D eigenvalue weighted by molar-refractivity contribution is -0.151. The van der Waals surface area contributed by atoms with E-state index in [1.165, 1.54) is 83.5 Å². The molecule has 4 aliphatic carbocycles. The Balaban J connectivity index is 0.854. The third-order valence-electron chi connectivity index (χ3n) is 16.0. The Labute approximate surface area is 371 Å². The molecule has 4 aliphatic rings. The maximum absolute atomic E-state index is 13.0. The smallest absolute Gasteiger partial charge is 0.306 e. The lowest BCUT2D eigenvalue weighted by Crippen LogP contribution is -2.51. The first-order valence-corrected chi connectivity index (χ1v) is 25.1. The van der Waals surface area contributed by atoms with Crippen molar-refractivity contribution >= 4 is 17.8 Å². The highest BCUT2D eigenvalue weighted by Gasteiger charge is 2.59. The number of hydrogen-bond donors (Lipinski definition) is 0. The van der Waals surface area contributed by atoms with Crippen LogP contribution in [0.25, 0.3) is 6.08 Å². The molecule has 0 heterocycles. The van der Waals surface area contributed by atoms with Crippen molar-refractivity contribution in [3.8, 4) is 11.5 Å². The average Bonchev–Trinajstić information content (AvgIpc) is 3.61. The van der Waals surface area contributed by atoms with Gasteiger partial charge in [0.15, 0.2) is 5.78 Å². The minimum atomic E-state index is -0.0446. The molecular formula is C56H82O5. The molecular weight excluding hydrogens is 753 g/mol. The quantitative estimate of drug-likeness (QED) is 0.0347. The monoisotopic (exact) mass is 835 g/mol. The fraction of sp³-hybridized carbons (Fsp3) is 0.679. The van der Waals surface area contributed by atoms with E-state index in [1.807, 2.05) is 54.6 Å². The highest BCUT2D eigenvalue weighted by atomic mass is 16.5. The van der Waals surface area contributed by atoms with E-state index in [9.17, 15) is 9.59 Å². The van der Waals surface area contributed by atoms with Crippen molar-refractivity contribution in [2.45, 2.75) is 182 Å². The van der Waals surface area contributed by atoms with Crippen LogP contribution >= 0.6 is 0 Å². The van der Waals surface area contributed by atoms with Crippen LogP contribution in [0.1, 0.15) is 192 Å². The van der Waals surface area contributed by atoms with Crippen LogP contribution in [0.5, 0.6) is 11.5 Å². The van der Waals surface area contributed by atoms with Crippen molar-refractivity contribution in [2.24, 2.45) is 46.3 Å². The predicted molar refractivity (Wildman–Crippen MR) is 252 cm³/mol. The van der Waals surface area contributed by atoms with E-state index in [4.69, 9.17) is 14.2 Å². The Bertz CT molecular complexity index is 1740. The summed E-state index contributed by atoms with van der Waals surface area (Å²) in [6.45, 7) is 16.1. The van der Waals surface area contributed by atoms with E-state index in [0.29, 0.717) is 30.6 Å². The van der Waals surface area contributed by atoms with E-state index in [1.54, 1.807) is 11.6 Å². The number of unbranched alkanes of at least 4 members (excludes halogenated alkanes) is 7. The lowest BCUT2D eigenvalue weighted by Gasteiger charge is -2.58. The Morgan fingerprint density at radius 1 is 0.770 bits per heavy atom. The van der Waals surface area contributed by atoms with Gasteiger partial charge in [-0.05, 0) is 153 Å². The summed E-state index contributed by atoms with van der Waals surface area (Å²) in [5, 5.41) is 0. The second kappa shape index (κ2) is 22.8. The first-order chi connectivity index (χ1) is 29.5. The van der Waals surface area contributed by atoms with Crippen molar-refractivity contribution in [2.75, 3.05) is 13.2 Å². The third-order valence-corrected chi connectivity index (χ3v) is 16.0. The summed E-state index contributed by atoms with van der Waals surface area (Å²) in [5.74, 6) is 6.53. The van der Waals surface area contributed by atoms with Crippen molar-refractivity contribution < 1.29 is 23.8 Å². The molecule has 5 heteroatoms. The zero-order chi connectivity index (χ0) is 43.2. The van der Waals surface area contributed by atoms with Crippen molar-refractivity contribution in [1.29, 1.82) is 0 Å². The van der Waals surface area contributed by atoms with Gasteiger partial charge in [-0.25, -0.2) is 0 Å². The minimum Gasteiger partial charge on any atom is -0.494 e. The summed E-state index contributed by atoms with van der Waals surface area (Å²) in [6, 6.07) is 15.3. The van der Waals surface area contributed by atoms with Gasteiger partial charge in [0.05, 0.1) is 13.2 Å². The molecule has 5 nitrogen and oxygen atoms in total. The van der Waals surface area contributed by atoms with Crippen LogP contribution in [0.3, 0.4) is 0 Å². The maximum atomic E-state index is 13.0. The molecule has 3 saturated carbocycles. The summed E-state index contributed by atoms with van der Waals surface area (Å²) in [5.41, 5.74) is 3.96. The molecule has 0 saturated heterocycles. The molecule has 0 unspecified atom stereocenters. The van der Waals surface area contributed by atoms with E-state index in [2.05, 4.69) is 47.6 Å². The van der Waals surface area contributed by atoms with E-state index in [-0.39, 0.29) is 23.3 Å². The molecule has 0 aliphatic heterocycles. The molecule has 0 N–H and O–H groups in total. The van der Waals surface area contributed by atoms with E-state index < -0.39 is 0 Å². The first-order valence-electron chi connectivity index (χ1n) is 25.1. The molecule has 0 radical (unpaired) electrons. The molecule has 2 aromatic carbocycles. The van der Waals surface area contributed by atoms with Gasteiger partial charge >= 0.3 is 5.97 Å². The van der Waals surface area contributed by atoms with Gasteiger partial charge in [-0.1, -0.05) is 135 Å². The number of ketones is 1. The summed E-state index contributed by atoms with van der Waals surface area (Å²) in [7, 11) is 0. The Morgan fingerprint density at radius 2 is 1.51 bits per heavy atom. The van der Waals surface area contributed by atoms with Crippen LogP contribution in [0.4, 0.5) is 0 Å². The second-order valence-electron chi connectivity index (χ2n) is 20.7. The van der Waals surface area contributed by atoms with Crippen LogP contribution in [0.15, 0.2) is 66.3 Å². The fourth-order valence-electron chi connectivity index (χ4n) is 12.5. The zero-order valence-electron chi connectivity index (χ0n) is 39.2. The van der Waals surface area contributed by atoms with Gasteiger partial charge in [0, 0.05) is 18.4 Å². The van der Waals surface area contributed by atoms with Crippen LogP contribution < -0.4 is 9.47 Å². The van der Waals surface area contributed by atoms with Crippen LogP contribution in [0.2, 0.25) is 0 Å². The molecule has 0 aromatic heterocycles. The van der Waals surface area contributed by atoms with E-state index in [0.717, 1.165) is 97.5 Å². The van der Waals surface area contributed by atoms with Crippen molar-refractivity contribution in [3.05, 3.63) is 77.4 Å². The highest BCUT2D eigenvalue weighted by molar-refractivity contribution is 6.07. The largest absolute Gasteiger partial charge is 0.494 e. The number of carbonyl (C=O) groups excluding carboxylic acids is 2. The summed E-state index contributed by atoms with van der Waals surface area (Å²) in [6.07, 6.45) is 30.7. The molecule has 3 fully saturated rings. The molecule has 0 spiro atoms. The fourth-order valence-corrected chi connectivity index (χ4v) is 12.5. The summed E-state index contributed by atoms with van der Waals surface area (Å²) in [4.78, 5) is 25.9. The van der Waals surface area contributed by atoms with Crippen LogP contribution in [-0.2, 0) is 9.53 Å². The molecule has 0 amide bonds. The molecule has 336 valence electrons. The average molecular weight is 835 g/mol. The van der Waals surface area contributed by atoms with Gasteiger partial charge in [0.1, 0.15) is 17.6 Å². The molecule has 61 heavy (non-hydrogen) atoms. The number of allylic oxidation sites excluding steroid dienone is 2. The first kappa shape index (κ1) is 47.1. The van der Waals surface area contributed by atoms with Crippen molar-refractivity contribution in [3.63, 3.8) is 0 Å². The third kappa shape index (κ3) is 12.7. The number of ether oxygens (including phenoxy) is 3. The minimum absolute atomic E-state index is 0.0318. The van der Waals surface area contributed by atoms with Gasteiger partial charge in [-0.2, -0.15) is 0 Å². The molecule has 6 rings (SSSR count). The number of carbonyl (C=O) groups is 2. The van der Waals surface area contributed by atoms with Crippen molar-refractivity contribution in [1.82, 2.24) is 0 Å². The number of esters is 1. The Hall–Kier alpha value is -3.34. The number of hydrogen-bond acceptors (Lipinski definition) is 5. The van der Waals surface area contributed by atoms with Gasteiger partial charge in [-0.15, -0.1) is 0 Å². The number of benzene rings is 2. The number of fused-ring (bicyclic) bond motifs is 5. The van der Waals surface area contributed by atoms with Gasteiger partial charge < -0.3 is 14.2 Å². The highest BCUT2D eigenvalue weighted by Crippen LogP contribution is 2.67. The zero-order valence-corrected chi connectivity index (χ0v) is 39.2. The number of rotatable bonds is 24. The lowest BCUT2D eigenvalue weighted by atomic mass is 9.47. The van der Waals surface area contributed by atoms with Crippen LogP contribution in [0, 0.1) is 46.3 Å². The Kier molecular flexibility index (Phi) is 17.7. The summed E-state index contributed by atoms with van der Waals surface area (Å²) >= 11 is 0. The maximum Gasteiger partial charge on any atom is 0.306 e. The second-order valence-corrected chi connectivity index (χ2v) is 20.7. The van der Waals surface area contributed by atoms with Gasteiger partial charge in [0.2, 0.25) is 0 Å². The topological polar surface area (TPSA) is 61.8 Å². The molecule has 8 atom stereocenters. The normalized spacial score (nSPS) is 27.5. The molecule has 0 bridgehead atoms. The summed E-state index contributed by atoms with van der Waals surface area (Å²) < 4.78 is 18.0. The van der Waals surface area contributed by atoms with E-state index >= 15 is 0 Å². The standard InChI is InChI=1S/C56H82O5/c1-7-8-9-10-11-14-38-60-47-21-17-20-44(39-47)53(57)32-25-43-23-27-46(28-24-43)59-37-15-12-13-22-54(58)61-48-33-35-55(5)45(40-48)26-29-49-51-31-30-50(42(4)19-16-18-41(2)3)56(51,6)36-34-52(49)55/h17,20-21,23-28,32,39,41-42,48-52H,7-16,18-19,22,29-31,33-38,40H2,1-6H3/b32-25+/t42-,48+,49+,50-,51+,52+,55+,56-/m1/s1. The van der Waals surface area contributed by atoms with Crippen LogP contribution in [-0.4, -0.2) is 31.1 Å².